The Morgan fingerprint density at radius 1 is 1.14 bits per heavy atom. The lowest BCUT2D eigenvalue weighted by atomic mass is 9.77. The normalized spacial score (nSPS) is 21.9. The molecule has 1 fully saturated rings. The number of piperazine rings is 1. The van der Waals surface area contributed by atoms with Crippen molar-refractivity contribution in [1.82, 2.24) is 25.4 Å². The molecule has 5 atom stereocenters. The summed E-state index contributed by atoms with van der Waals surface area (Å²) in [4.78, 5) is 36.5. The SMILES string of the molecule is C[C@@](Cc1cccnc1)(C[C@H](O)CN1CCN(Cc2cc3sccc3s2)C[C@H]1C(=O)NCC(F)(F)F)C(=O)N[C@H]1c2ccccc2OC[C@H]1O. The number of β-amino-alcohol motifs (C(OH)–C–C–N with tert-alkyl or cyclic N) is 1. The first kappa shape index (κ1) is 36.2. The summed E-state index contributed by atoms with van der Waals surface area (Å²) in [7, 11) is 0. The maximum Gasteiger partial charge on any atom is 0.405 e. The molecular formula is C35H40F3N5O5S2. The summed E-state index contributed by atoms with van der Waals surface area (Å²) in [6.07, 6.45) is -3.24. The minimum atomic E-state index is -4.57. The number of rotatable bonds is 12. The van der Waals surface area contributed by atoms with Crippen LogP contribution in [0.15, 0.2) is 66.3 Å². The topological polar surface area (TPSA) is 127 Å². The number of carbonyl (C=O) groups is 2. The third-order valence-electron chi connectivity index (χ3n) is 9.24. The molecule has 0 saturated carbocycles. The van der Waals surface area contributed by atoms with Crippen LogP contribution in [0.3, 0.4) is 0 Å². The summed E-state index contributed by atoms with van der Waals surface area (Å²) in [5.41, 5.74) is 0.200. The van der Waals surface area contributed by atoms with Crippen molar-refractivity contribution in [2.24, 2.45) is 5.41 Å². The smallest absolute Gasteiger partial charge is 0.405 e. The van der Waals surface area contributed by atoms with Gasteiger partial charge < -0.3 is 25.6 Å². The average Bonchev–Trinajstić information content (AvgIpc) is 3.68. The maximum atomic E-state index is 14.2. The standard InChI is InChI=1S/C35H40F3N5O5S2/c1-34(14-22-5-4-9-39-16-22,33(47)41-31-25-6-2-3-7-28(25)48-20-27(31)45)15-23(44)17-43-11-10-42(18-24-13-30-29(50-24)8-12-49-30)19-26(43)32(46)40-21-35(36,37)38/h2-9,12-13,16,23,26-27,31,44-45H,10-11,14-15,17-21H2,1H3,(H,40,46)(H,41,47)/t23-,26-,27+,31-,34+/m0/s1. The van der Waals surface area contributed by atoms with Gasteiger partial charge in [0.25, 0.3) is 0 Å². The number of halogens is 3. The van der Waals surface area contributed by atoms with Crippen LogP contribution in [0.1, 0.15) is 35.4 Å². The zero-order chi connectivity index (χ0) is 35.5. The van der Waals surface area contributed by atoms with Gasteiger partial charge in [-0.3, -0.25) is 24.4 Å². The van der Waals surface area contributed by atoms with Crippen molar-refractivity contribution in [1.29, 1.82) is 0 Å². The monoisotopic (exact) mass is 731 g/mol. The van der Waals surface area contributed by atoms with Gasteiger partial charge in [-0.05, 0) is 48.1 Å². The van der Waals surface area contributed by atoms with Crippen LogP contribution in [0.2, 0.25) is 0 Å². The number of para-hydroxylation sites is 1. The van der Waals surface area contributed by atoms with Crippen LogP contribution >= 0.6 is 22.7 Å². The number of aliphatic hydroxyl groups excluding tert-OH is 2. The van der Waals surface area contributed by atoms with E-state index >= 15 is 0 Å². The summed E-state index contributed by atoms with van der Waals surface area (Å²) in [5.74, 6) is -0.610. The number of aliphatic hydroxyl groups is 2. The Bertz CT molecular complexity index is 1740. The number of hydrogen-bond acceptors (Lipinski definition) is 10. The lowest BCUT2D eigenvalue weighted by Crippen LogP contribution is -2.60. The number of ether oxygens (including phenoxy) is 1. The number of alkyl halides is 3. The first-order valence-corrected chi connectivity index (χ1v) is 18.1. The van der Waals surface area contributed by atoms with Crippen LogP contribution in [0.25, 0.3) is 9.40 Å². The Balaban J connectivity index is 1.18. The van der Waals surface area contributed by atoms with Crippen molar-refractivity contribution in [3.63, 3.8) is 0 Å². The molecule has 10 nitrogen and oxygen atoms in total. The first-order valence-electron chi connectivity index (χ1n) is 16.4. The molecule has 2 aliphatic heterocycles. The van der Waals surface area contributed by atoms with Gasteiger partial charge in [0.1, 0.15) is 31.0 Å². The fraction of sp³-hybridized carbons (Fsp3) is 0.457. The van der Waals surface area contributed by atoms with Gasteiger partial charge >= 0.3 is 6.18 Å². The second-order valence-corrected chi connectivity index (χ2v) is 15.4. The molecule has 3 aromatic heterocycles. The highest BCUT2D eigenvalue weighted by Gasteiger charge is 2.42. The van der Waals surface area contributed by atoms with E-state index in [0.29, 0.717) is 30.9 Å². The van der Waals surface area contributed by atoms with Crippen molar-refractivity contribution in [3.05, 3.63) is 82.3 Å². The van der Waals surface area contributed by atoms with Gasteiger partial charge in [0.2, 0.25) is 11.8 Å². The Kier molecular flexibility index (Phi) is 11.1. The van der Waals surface area contributed by atoms with Gasteiger partial charge in [-0.1, -0.05) is 31.2 Å². The van der Waals surface area contributed by atoms with E-state index in [9.17, 15) is 33.0 Å². The van der Waals surface area contributed by atoms with E-state index in [4.69, 9.17) is 4.74 Å². The van der Waals surface area contributed by atoms with E-state index in [0.717, 1.165) is 10.4 Å². The first-order chi connectivity index (χ1) is 23.9. The van der Waals surface area contributed by atoms with E-state index in [1.165, 1.54) is 9.40 Å². The fourth-order valence-electron chi connectivity index (χ4n) is 6.80. The Morgan fingerprint density at radius 2 is 1.96 bits per heavy atom. The summed E-state index contributed by atoms with van der Waals surface area (Å²) >= 11 is 3.29. The number of carbonyl (C=O) groups excluding carboxylic acids is 2. The summed E-state index contributed by atoms with van der Waals surface area (Å²) in [6, 6.07) is 13.2. The number of amides is 2. The Labute approximate surface area is 295 Å². The zero-order valence-electron chi connectivity index (χ0n) is 27.4. The molecule has 0 radical (unpaired) electrons. The van der Waals surface area contributed by atoms with E-state index in [1.54, 1.807) is 77.2 Å². The molecule has 4 aromatic rings. The predicted octanol–water partition coefficient (Wildman–Crippen LogP) is 4.13. The highest BCUT2D eigenvalue weighted by Crippen LogP contribution is 2.36. The second-order valence-electron chi connectivity index (χ2n) is 13.3. The molecule has 268 valence electrons. The van der Waals surface area contributed by atoms with Crippen molar-refractivity contribution in [2.75, 3.05) is 39.3 Å². The summed E-state index contributed by atoms with van der Waals surface area (Å²) < 4.78 is 47.3. The maximum absolute atomic E-state index is 14.2. The molecule has 15 heteroatoms. The van der Waals surface area contributed by atoms with Crippen molar-refractivity contribution < 1.29 is 37.7 Å². The largest absolute Gasteiger partial charge is 0.490 e. The Morgan fingerprint density at radius 3 is 2.72 bits per heavy atom. The third-order valence-corrected chi connectivity index (χ3v) is 11.3. The van der Waals surface area contributed by atoms with E-state index in [1.807, 2.05) is 27.7 Å². The lowest BCUT2D eigenvalue weighted by Gasteiger charge is -2.42. The van der Waals surface area contributed by atoms with Crippen molar-refractivity contribution >= 4 is 43.9 Å². The molecule has 2 aliphatic rings. The van der Waals surface area contributed by atoms with E-state index in [-0.39, 0.29) is 32.5 Å². The van der Waals surface area contributed by atoms with Gasteiger partial charge in [0, 0.05) is 65.0 Å². The molecule has 1 aromatic carbocycles. The number of nitrogens with zero attached hydrogens (tertiary/aromatic N) is 3. The molecule has 0 spiro atoms. The number of nitrogens with one attached hydrogen (secondary N) is 2. The number of pyridine rings is 1. The summed E-state index contributed by atoms with van der Waals surface area (Å²) in [5, 5.41) is 29.4. The number of thiophene rings is 2. The molecule has 5 heterocycles. The van der Waals surface area contributed by atoms with E-state index in [2.05, 4.69) is 16.4 Å². The van der Waals surface area contributed by atoms with Gasteiger partial charge in [-0.25, -0.2) is 0 Å². The van der Waals surface area contributed by atoms with Crippen LogP contribution in [-0.2, 0) is 22.6 Å². The molecule has 1 saturated heterocycles. The minimum absolute atomic E-state index is 0.00149. The number of benzene rings is 1. The van der Waals surface area contributed by atoms with Crippen molar-refractivity contribution in [3.8, 4) is 5.75 Å². The van der Waals surface area contributed by atoms with Gasteiger partial charge in [0.05, 0.1) is 17.6 Å². The lowest BCUT2D eigenvalue weighted by molar-refractivity contribution is -0.144. The van der Waals surface area contributed by atoms with Gasteiger partial charge in [-0.2, -0.15) is 13.2 Å². The van der Waals surface area contributed by atoms with Crippen molar-refractivity contribution in [2.45, 2.75) is 56.8 Å². The van der Waals surface area contributed by atoms with Gasteiger partial charge in [-0.15, -0.1) is 22.7 Å². The average molecular weight is 732 g/mol. The molecule has 6 rings (SSSR count). The Hall–Kier alpha value is -3.60. The molecule has 0 bridgehead atoms. The molecule has 4 N–H and O–H groups in total. The van der Waals surface area contributed by atoms with E-state index < -0.39 is 54.2 Å². The molecule has 0 aliphatic carbocycles. The highest BCUT2D eigenvalue weighted by atomic mass is 32.1. The molecule has 0 unspecified atom stereocenters. The molecular weight excluding hydrogens is 692 g/mol. The fourth-order valence-corrected chi connectivity index (χ4v) is 8.97. The number of hydrogen-bond donors (Lipinski definition) is 4. The van der Waals surface area contributed by atoms with Crippen LogP contribution in [0.4, 0.5) is 13.2 Å². The summed E-state index contributed by atoms with van der Waals surface area (Å²) in [6.45, 7) is 1.83. The van der Waals surface area contributed by atoms with Crippen LogP contribution < -0.4 is 15.4 Å². The zero-order valence-corrected chi connectivity index (χ0v) is 29.1. The third kappa shape index (κ3) is 8.82. The second kappa shape index (κ2) is 15.3. The minimum Gasteiger partial charge on any atom is -0.490 e. The number of aromatic nitrogens is 1. The molecule has 2 amide bonds. The number of fused-ring (bicyclic) bond motifs is 2. The van der Waals surface area contributed by atoms with Crippen LogP contribution in [0.5, 0.6) is 5.75 Å². The quantitative estimate of drug-likeness (QED) is 0.172. The highest BCUT2D eigenvalue weighted by molar-refractivity contribution is 7.26. The van der Waals surface area contributed by atoms with Gasteiger partial charge in [0.15, 0.2) is 0 Å². The van der Waals surface area contributed by atoms with Crippen LogP contribution in [0, 0.1) is 5.41 Å². The van der Waals surface area contributed by atoms with Crippen LogP contribution in [-0.4, -0.2) is 101 Å². The predicted molar refractivity (Wildman–Crippen MR) is 185 cm³/mol. The molecule has 50 heavy (non-hydrogen) atoms.